The van der Waals surface area contributed by atoms with Crippen LogP contribution in [0, 0.1) is 12.3 Å². The molecule has 0 bridgehead atoms. The van der Waals surface area contributed by atoms with Gasteiger partial charge in [0.1, 0.15) is 0 Å². The Balaban J connectivity index is 2.23. The Morgan fingerprint density at radius 1 is 1.43 bits per heavy atom. The Hall–Kier alpha value is -2.15. The van der Waals surface area contributed by atoms with Gasteiger partial charge < -0.3 is 14.6 Å². The van der Waals surface area contributed by atoms with Crippen LogP contribution in [0.5, 0.6) is 11.5 Å². The van der Waals surface area contributed by atoms with Crippen LogP contribution in [0.4, 0.5) is 0 Å². The maximum absolute atomic E-state index is 10.9. The van der Waals surface area contributed by atoms with Crippen molar-refractivity contribution in [3.63, 3.8) is 0 Å². The summed E-state index contributed by atoms with van der Waals surface area (Å²) in [6.45, 7) is 0. The Kier molecular flexibility index (Phi) is 5.10. The molecule has 1 atom stereocenters. The lowest BCUT2D eigenvalue weighted by Crippen LogP contribution is -2.12. The minimum absolute atomic E-state index is 0.0916. The summed E-state index contributed by atoms with van der Waals surface area (Å²) in [6, 6.07) is 5.39. The number of ether oxygens (including phenoxy) is 2. The summed E-state index contributed by atoms with van der Waals surface area (Å²) < 4.78 is 11.3. The first-order valence-corrected chi connectivity index (χ1v) is 7.16. The molecule has 2 rings (SSSR count). The number of benzene rings is 1. The van der Waals surface area contributed by atoms with Crippen LogP contribution in [0.3, 0.4) is 0 Å². The van der Waals surface area contributed by atoms with Gasteiger partial charge in [0.2, 0.25) is 0 Å². The lowest BCUT2D eigenvalue weighted by molar-refractivity contribution is -0.137. The largest absolute Gasteiger partial charge is 0.493 e. The molecule has 1 saturated carbocycles. The fourth-order valence-electron chi connectivity index (χ4n) is 2.64. The number of terminal acetylenes is 1. The molecular weight excluding hydrogens is 268 g/mol. The fraction of sp³-hybridized carbons (Fsp3) is 0.471. The Bertz CT molecular complexity index is 538. The minimum Gasteiger partial charge on any atom is -0.493 e. The molecule has 21 heavy (non-hydrogen) atoms. The predicted molar refractivity (Wildman–Crippen MR) is 79.7 cm³/mol. The van der Waals surface area contributed by atoms with Crippen molar-refractivity contribution in [1.82, 2.24) is 0 Å². The standard InChI is InChI=1S/C17H20O4/c1-3-12(11-17(18)19)13-8-9-15(20-2)16(10-13)21-14-6-4-5-7-14/h1,8-10,12,14H,4-7,11H2,2H3,(H,18,19)/t12-/m1/s1. The molecule has 1 aliphatic rings. The lowest BCUT2D eigenvalue weighted by atomic mass is 9.96. The average molecular weight is 288 g/mol. The molecular formula is C17H20O4. The fourth-order valence-corrected chi connectivity index (χ4v) is 2.64. The number of hydrogen-bond donors (Lipinski definition) is 1. The topological polar surface area (TPSA) is 55.8 Å². The number of carbonyl (C=O) groups is 1. The van der Waals surface area contributed by atoms with Crippen molar-refractivity contribution >= 4 is 5.97 Å². The van der Waals surface area contributed by atoms with Crippen LogP contribution in [0.25, 0.3) is 0 Å². The Morgan fingerprint density at radius 2 is 2.14 bits per heavy atom. The summed E-state index contributed by atoms with van der Waals surface area (Å²) in [5.41, 5.74) is 0.772. The third-order valence-electron chi connectivity index (χ3n) is 3.77. The molecule has 4 heteroatoms. The average Bonchev–Trinajstić information content (AvgIpc) is 2.97. The maximum Gasteiger partial charge on any atom is 0.304 e. The van der Waals surface area contributed by atoms with Crippen LogP contribution in [0.2, 0.25) is 0 Å². The number of rotatable bonds is 6. The summed E-state index contributed by atoms with van der Waals surface area (Å²) in [6.07, 6.45) is 10.0. The number of carboxylic acids is 1. The van der Waals surface area contributed by atoms with E-state index in [1.807, 2.05) is 6.07 Å². The van der Waals surface area contributed by atoms with E-state index in [4.69, 9.17) is 21.0 Å². The summed E-state index contributed by atoms with van der Waals surface area (Å²) in [7, 11) is 1.59. The van der Waals surface area contributed by atoms with E-state index >= 15 is 0 Å². The van der Waals surface area contributed by atoms with Gasteiger partial charge in [0.15, 0.2) is 11.5 Å². The first kappa shape index (κ1) is 15.2. The van der Waals surface area contributed by atoms with Crippen molar-refractivity contribution < 1.29 is 19.4 Å². The monoisotopic (exact) mass is 288 g/mol. The van der Waals surface area contributed by atoms with E-state index in [1.54, 1.807) is 19.2 Å². The first-order chi connectivity index (χ1) is 10.1. The molecule has 0 aliphatic heterocycles. The molecule has 4 nitrogen and oxygen atoms in total. The lowest BCUT2D eigenvalue weighted by Gasteiger charge is -2.18. The normalized spacial score (nSPS) is 16.2. The molecule has 0 aromatic heterocycles. The third-order valence-corrected chi connectivity index (χ3v) is 3.77. The molecule has 0 unspecified atom stereocenters. The third kappa shape index (κ3) is 3.91. The second-order valence-electron chi connectivity index (χ2n) is 5.25. The molecule has 1 aromatic rings. The van der Waals surface area contributed by atoms with Crippen molar-refractivity contribution in [2.45, 2.75) is 44.1 Å². The van der Waals surface area contributed by atoms with Gasteiger partial charge in [-0.25, -0.2) is 0 Å². The van der Waals surface area contributed by atoms with Gasteiger partial charge in [0, 0.05) is 0 Å². The van der Waals surface area contributed by atoms with Crippen LogP contribution in [-0.2, 0) is 4.79 Å². The predicted octanol–water partition coefficient (Wildman–Crippen LogP) is 3.21. The van der Waals surface area contributed by atoms with E-state index in [9.17, 15) is 4.79 Å². The molecule has 0 radical (unpaired) electrons. The van der Waals surface area contributed by atoms with Gasteiger partial charge in [-0.2, -0.15) is 0 Å². The Morgan fingerprint density at radius 3 is 2.71 bits per heavy atom. The van der Waals surface area contributed by atoms with Crippen LogP contribution < -0.4 is 9.47 Å². The van der Waals surface area contributed by atoms with Gasteiger partial charge in [0.25, 0.3) is 0 Å². The van der Waals surface area contributed by atoms with E-state index in [1.165, 1.54) is 12.8 Å². The van der Waals surface area contributed by atoms with Crippen LogP contribution >= 0.6 is 0 Å². The zero-order valence-corrected chi connectivity index (χ0v) is 12.2. The van der Waals surface area contributed by atoms with Gasteiger partial charge in [0.05, 0.1) is 25.6 Å². The number of hydrogen-bond acceptors (Lipinski definition) is 3. The molecule has 1 N–H and O–H groups in total. The smallest absolute Gasteiger partial charge is 0.304 e. The highest BCUT2D eigenvalue weighted by Gasteiger charge is 2.20. The highest BCUT2D eigenvalue weighted by Crippen LogP contribution is 2.34. The molecule has 112 valence electrons. The molecule has 0 amide bonds. The van der Waals surface area contributed by atoms with E-state index in [0.717, 1.165) is 18.4 Å². The number of carboxylic acid groups (broad SMARTS) is 1. The van der Waals surface area contributed by atoms with Crippen LogP contribution in [0.1, 0.15) is 43.6 Å². The molecule has 0 spiro atoms. The second-order valence-corrected chi connectivity index (χ2v) is 5.25. The van der Waals surface area contributed by atoms with Crippen molar-refractivity contribution in [3.05, 3.63) is 23.8 Å². The number of methoxy groups -OCH3 is 1. The molecule has 1 aliphatic carbocycles. The molecule has 1 aromatic carbocycles. The molecule has 1 fully saturated rings. The van der Waals surface area contributed by atoms with Gasteiger partial charge in [-0.15, -0.1) is 6.42 Å². The van der Waals surface area contributed by atoms with Crippen molar-refractivity contribution in [1.29, 1.82) is 0 Å². The van der Waals surface area contributed by atoms with Gasteiger partial charge in [-0.1, -0.05) is 12.0 Å². The van der Waals surface area contributed by atoms with E-state index in [0.29, 0.717) is 11.5 Å². The summed E-state index contributed by atoms with van der Waals surface area (Å²) >= 11 is 0. The van der Waals surface area contributed by atoms with E-state index in [2.05, 4.69) is 5.92 Å². The number of aliphatic carboxylic acids is 1. The van der Waals surface area contributed by atoms with Gasteiger partial charge in [-0.3, -0.25) is 4.79 Å². The van der Waals surface area contributed by atoms with Crippen LogP contribution in [-0.4, -0.2) is 24.3 Å². The van der Waals surface area contributed by atoms with Crippen molar-refractivity contribution in [2.24, 2.45) is 0 Å². The zero-order chi connectivity index (χ0) is 15.2. The van der Waals surface area contributed by atoms with E-state index < -0.39 is 11.9 Å². The molecule has 0 heterocycles. The highest BCUT2D eigenvalue weighted by molar-refractivity contribution is 5.69. The SMILES string of the molecule is C#C[C@H](CC(=O)O)c1ccc(OC)c(OC2CCCC2)c1. The van der Waals surface area contributed by atoms with Crippen molar-refractivity contribution in [2.75, 3.05) is 7.11 Å². The summed E-state index contributed by atoms with van der Waals surface area (Å²) in [5.74, 6) is 2.46. The van der Waals surface area contributed by atoms with Crippen LogP contribution in [0.15, 0.2) is 18.2 Å². The molecule has 0 saturated heterocycles. The summed E-state index contributed by atoms with van der Waals surface area (Å²) in [5, 5.41) is 8.92. The first-order valence-electron chi connectivity index (χ1n) is 7.16. The van der Waals surface area contributed by atoms with Gasteiger partial charge >= 0.3 is 5.97 Å². The maximum atomic E-state index is 10.9. The quantitative estimate of drug-likeness (QED) is 0.817. The Labute approximate surface area is 125 Å². The second kappa shape index (κ2) is 7.03. The highest BCUT2D eigenvalue weighted by atomic mass is 16.5. The van der Waals surface area contributed by atoms with Gasteiger partial charge in [-0.05, 0) is 43.4 Å². The minimum atomic E-state index is -0.910. The summed E-state index contributed by atoms with van der Waals surface area (Å²) in [4.78, 5) is 10.9. The zero-order valence-electron chi connectivity index (χ0n) is 12.2. The van der Waals surface area contributed by atoms with Crippen molar-refractivity contribution in [3.8, 4) is 23.8 Å². The van der Waals surface area contributed by atoms with E-state index in [-0.39, 0.29) is 12.5 Å².